The quantitative estimate of drug-likeness (QED) is 0.0202. The molecule has 0 heterocycles. The summed E-state index contributed by atoms with van der Waals surface area (Å²) in [5.74, 6) is 0. The van der Waals surface area contributed by atoms with Gasteiger partial charge in [-0.2, -0.15) is 0 Å². The van der Waals surface area contributed by atoms with E-state index >= 15 is 0 Å². The van der Waals surface area contributed by atoms with Crippen LogP contribution in [0.15, 0.2) is 260 Å². The molecule has 0 aliphatic heterocycles. The molecule has 0 nitrogen and oxygen atoms in total. The van der Waals surface area contributed by atoms with Crippen molar-refractivity contribution in [3.63, 3.8) is 0 Å². The Hall–Kier alpha value is -6.14. The third kappa shape index (κ3) is 23.6. The molecule has 118 heavy (non-hydrogen) atoms. The van der Waals surface area contributed by atoms with Crippen LogP contribution in [0.2, 0.25) is 0 Å². The van der Waals surface area contributed by atoms with Gasteiger partial charge in [-0.25, -0.2) is 0 Å². The smallest absolute Gasteiger partial charge is 0.0469 e. The van der Waals surface area contributed by atoms with Crippen molar-refractivity contribution in [2.75, 3.05) is 0 Å². The molecule has 0 saturated heterocycles. The van der Waals surface area contributed by atoms with E-state index in [-0.39, 0.29) is 0 Å². The molecule has 0 fully saturated rings. The van der Waals surface area contributed by atoms with Gasteiger partial charge in [0.15, 0.2) is 0 Å². The van der Waals surface area contributed by atoms with E-state index in [9.17, 15) is 0 Å². The number of halogens is 4. The number of rotatable bonds is 54. The molecule has 4 unspecified atom stereocenters. The molecule has 1 aliphatic rings. The molecular formula is C114H142Br4. The monoisotopic (exact) mass is 1830 g/mol. The van der Waals surface area contributed by atoms with Gasteiger partial charge >= 0.3 is 0 Å². The minimum absolute atomic E-state index is 0.684. The van der Waals surface area contributed by atoms with Crippen molar-refractivity contribution in [2.45, 2.75) is 321 Å². The van der Waals surface area contributed by atoms with Crippen LogP contribution in [0.25, 0.3) is 67.4 Å². The Labute approximate surface area is 749 Å². The fourth-order valence-electron chi connectivity index (χ4n) is 21.1. The Morgan fingerprint density at radius 3 is 1.06 bits per heavy atom. The van der Waals surface area contributed by atoms with Crippen LogP contribution in [0.3, 0.4) is 0 Å². The molecule has 0 saturated carbocycles. The predicted octanol–water partition coefficient (Wildman–Crippen LogP) is 38.9. The molecule has 0 N–H and O–H groups in total. The number of benzene rings is 10. The molecule has 4 heteroatoms. The minimum Gasteiger partial charge on any atom is -0.0756 e. The molecular weight excluding hydrogens is 1690 g/mol. The lowest BCUT2D eigenvalue weighted by Gasteiger charge is -2.71. The first-order valence-electron chi connectivity index (χ1n) is 47.4. The zero-order valence-corrected chi connectivity index (χ0v) is 79.2. The van der Waals surface area contributed by atoms with Gasteiger partial charge in [0.05, 0.1) is 0 Å². The lowest BCUT2D eigenvalue weighted by atomic mass is 9.30. The van der Waals surface area contributed by atoms with Gasteiger partial charge < -0.3 is 0 Å². The minimum atomic E-state index is -0.836. The fraction of sp³-hybridized carbons (Fsp3) is 0.456. The summed E-state index contributed by atoms with van der Waals surface area (Å²) in [5, 5.41) is 10.3. The second-order valence-corrected chi connectivity index (χ2v) is 38.3. The van der Waals surface area contributed by atoms with Gasteiger partial charge in [-0.3, -0.25) is 0 Å². The van der Waals surface area contributed by atoms with Crippen molar-refractivity contribution in [2.24, 2.45) is 10.8 Å². The standard InChI is InChI=1S/C114H142Br4/c1-5-9-13-17-21-25-29-33-37-57-82-111(86-80-93-66-49-43-50-67-93)103(78-76-91-62-45-41-46-63-91)104(79-77-92-64-47-42-48-65-92)113(84-59-39-35-31-27-23-19-15-11-7-3,106-101-90-98-72-55-56-74-99(98)107(115)105(101)108(116)110(118)109(106)117)114(85-60-40-36-32-28-24-20-16-12-8-4,102-75-61-73-97-88-95-70-53-54-71-96(95)89-100(97)102)112(111,87-81-94-68-51-44-52-69-94)83-58-38-34-30-26-22-18-14-10-6-2/h41-56,61-81,86-90H,5-40,57-60,82-85H2,1-4H3. The number of allylic oxidation sites excluding steroid dienone is 6. The van der Waals surface area contributed by atoms with E-state index in [1.165, 1.54) is 306 Å². The van der Waals surface area contributed by atoms with Gasteiger partial charge in [0, 0.05) is 44.9 Å². The van der Waals surface area contributed by atoms with Gasteiger partial charge in [0.2, 0.25) is 0 Å². The highest BCUT2D eigenvalue weighted by Crippen LogP contribution is 2.78. The highest BCUT2D eigenvalue weighted by molar-refractivity contribution is 9.14. The Morgan fingerprint density at radius 2 is 0.593 bits per heavy atom. The van der Waals surface area contributed by atoms with Gasteiger partial charge in [-0.05, 0) is 190 Å². The third-order valence-corrected chi connectivity index (χ3v) is 31.4. The topological polar surface area (TPSA) is 0 Å². The van der Waals surface area contributed by atoms with Crippen LogP contribution in [-0.2, 0) is 10.8 Å². The Morgan fingerprint density at radius 1 is 0.246 bits per heavy atom. The molecule has 1 aliphatic carbocycles. The number of fused-ring (bicyclic) bond motifs is 4. The van der Waals surface area contributed by atoms with Gasteiger partial charge in [-0.15, -0.1) is 0 Å². The van der Waals surface area contributed by atoms with Crippen molar-refractivity contribution in [1.29, 1.82) is 0 Å². The molecule has 0 radical (unpaired) electrons. The molecule has 0 bridgehead atoms. The zero-order chi connectivity index (χ0) is 82.4. The summed E-state index contributed by atoms with van der Waals surface area (Å²) in [6.07, 6.45) is 76.4. The summed E-state index contributed by atoms with van der Waals surface area (Å²) in [5.41, 5.74) is 7.76. The normalized spacial score (nSPS) is 17.9. The molecule has 626 valence electrons. The van der Waals surface area contributed by atoms with Crippen LogP contribution >= 0.6 is 63.7 Å². The maximum absolute atomic E-state index is 4.95. The van der Waals surface area contributed by atoms with Crippen molar-refractivity contribution in [3.05, 3.63) is 293 Å². The van der Waals surface area contributed by atoms with Crippen LogP contribution in [-0.4, -0.2) is 0 Å². The number of unbranched alkanes of at least 4 members (excludes halogenated alkanes) is 36. The Bertz CT molecular complexity index is 4770. The Balaban J connectivity index is 1.40. The summed E-state index contributed by atoms with van der Waals surface area (Å²) in [4.78, 5) is 0. The molecule has 0 spiro atoms. The predicted molar refractivity (Wildman–Crippen MR) is 537 cm³/mol. The van der Waals surface area contributed by atoms with Gasteiger partial charge in [-0.1, -0.05) is 521 Å². The Kier molecular flexibility index (Phi) is 39.1. The molecule has 11 rings (SSSR count). The third-order valence-electron chi connectivity index (χ3n) is 27.1. The van der Waals surface area contributed by atoms with Crippen molar-refractivity contribution in [1.82, 2.24) is 0 Å². The van der Waals surface area contributed by atoms with E-state index in [1.54, 1.807) is 0 Å². The van der Waals surface area contributed by atoms with Crippen LogP contribution in [0.1, 0.15) is 344 Å². The average molecular weight is 1830 g/mol. The van der Waals surface area contributed by atoms with Crippen LogP contribution < -0.4 is 0 Å². The zero-order valence-electron chi connectivity index (χ0n) is 72.9. The van der Waals surface area contributed by atoms with Crippen molar-refractivity contribution < 1.29 is 0 Å². The first-order valence-corrected chi connectivity index (χ1v) is 50.6. The SMILES string of the molecule is CCCCCCCCCCCCC1(C=Cc2ccccc2)C(C=Cc2ccccc2)=C(C=Cc2ccccc2)C(CCCCCCCCCCCC)(c2c(Br)c(Br)c(Br)c3c(Br)c4ccccc4cc23)C(CCCCCCCCCCCC)(c2cccc3cc4ccccc4cc23)C1(C=Cc1ccccc1)CCCCCCCCCCCC. The summed E-state index contributed by atoms with van der Waals surface area (Å²) in [7, 11) is 0. The van der Waals surface area contributed by atoms with E-state index in [4.69, 9.17) is 15.9 Å². The van der Waals surface area contributed by atoms with Crippen LogP contribution in [0.4, 0.5) is 0 Å². The average Bonchev–Trinajstić information content (AvgIpc) is 0.642. The van der Waals surface area contributed by atoms with Gasteiger partial charge in [0.1, 0.15) is 0 Å². The van der Waals surface area contributed by atoms with E-state index < -0.39 is 21.7 Å². The fourth-order valence-corrected chi connectivity index (χ4v) is 24.1. The highest BCUT2D eigenvalue weighted by Gasteiger charge is 2.73. The summed E-state index contributed by atoms with van der Waals surface area (Å²) in [6.45, 7) is 9.41. The second-order valence-electron chi connectivity index (χ2n) is 35.2. The van der Waals surface area contributed by atoms with Gasteiger partial charge in [0.25, 0.3) is 0 Å². The van der Waals surface area contributed by atoms with Crippen LogP contribution in [0.5, 0.6) is 0 Å². The number of hydrogen-bond acceptors (Lipinski definition) is 0. The molecule has 0 amide bonds. The molecule has 10 aromatic rings. The molecule has 4 atom stereocenters. The van der Waals surface area contributed by atoms with E-state index in [1.807, 2.05) is 0 Å². The molecule has 0 aromatic heterocycles. The second kappa shape index (κ2) is 49.8. The van der Waals surface area contributed by atoms with E-state index in [0.717, 1.165) is 82.1 Å². The summed E-state index contributed by atoms with van der Waals surface area (Å²) in [6, 6.07) is 80.5. The summed E-state index contributed by atoms with van der Waals surface area (Å²) >= 11 is 18.7. The maximum atomic E-state index is 4.95. The first-order chi connectivity index (χ1) is 58.1. The van der Waals surface area contributed by atoms with E-state index in [2.05, 4.69) is 330 Å². The van der Waals surface area contributed by atoms with Crippen molar-refractivity contribution >= 4 is 131 Å². The van der Waals surface area contributed by atoms with Crippen LogP contribution in [0, 0.1) is 10.8 Å². The highest BCUT2D eigenvalue weighted by atomic mass is 79.9. The van der Waals surface area contributed by atoms with Crippen molar-refractivity contribution in [3.8, 4) is 0 Å². The first kappa shape index (κ1) is 92.6. The largest absolute Gasteiger partial charge is 0.0756 e. The van der Waals surface area contributed by atoms with E-state index in [0.29, 0.717) is 0 Å². The maximum Gasteiger partial charge on any atom is 0.0469 e. The number of hydrogen-bond donors (Lipinski definition) is 0. The summed E-state index contributed by atoms with van der Waals surface area (Å²) < 4.78 is 4.39. The molecule has 10 aromatic carbocycles. The lowest BCUT2D eigenvalue weighted by Crippen LogP contribution is -2.68. The lowest BCUT2D eigenvalue weighted by molar-refractivity contribution is -0.0314.